The van der Waals surface area contributed by atoms with Crippen molar-refractivity contribution >= 4 is 11.7 Å². The third kappa shape index (κ3) is 4.92. The van der Waals surface area contributed by atoms with Crippen LogP contribution in [0.2, 0.25) is 0 Å². The second kappa shape index (κ2) is 8.63. The summed E-state index contributed by atoms with van der Waals surface area (Å²) in [7, 11) is 0. The summed E-state index contributed by atoms with van der Waals surface area (Å²) < 4.78 is 5.82. The fourth-order valence-electron chi connectivity index (χ4n) is 3.64. The van der Waals surface area contributed by atoms with Crippen LogP contribution in [-0.4, -0.2) is 67.8 Å². The molecule has 2 fully saturated rings. The number of anilines is 1. The number of nitrogens with one attached hydrogen (secondary N) is 1. The Labute approximate surface area is 150 Å². The molecule has 2 aliphatic rings. The van der Waals surface area contributed by atoms with E-state index in [-0.39, 0.29) is 12.0 Å². The molecule has 1 N–H and O–H groups in total. The first-order valence-electron chi connectivity index (χ1n) is 9.45. The Bertz CT molecular complexity index is 572. The van der Waals surface area contributed by atoms with E-state index >= 15 is 0 Å². The Morgan fingerprint density at radius 1 is 1.36 bits per heavy atom. The Hall–Kier alpha value is -1.66. The molecular formula is C19H30N4O2. The van der Waals surface area contributed by atoms with Gasteiger partial charge in [-0.3, -0.25) is 9.69 Å². The van der Waals surface area contributed by atoms with Crippen molar-refractivity contribution in [2.75, 3.05) is 50.8 Å². The zero-order valence-electron chi connectivity index (χ0n) is 15.4. The van der Waals surface area contributed by atoms with Gasteiger partial charge < -0.3 is 15.0 Å². The molecule has 3 rings (SSSR count). The number of carbonyl (C=O) groups is 1. The summed E-state index contributed by atoms with van der Waals surface area (Å²) in [5.74, 6) is 1.40. The first-order valence-corrected chi connectivity index (χ1v) is 9.45. The molecule has 2 aliphatic heterocycles. The van der Waals surface area contributed by atoms with Crippen LogP contribution in [0.5, 0.6) is 0 Å². The number of rotatable bonds is 6. The molecular weight excluding hydrogens is 316 g/mol. The van der Waals surface area contributed by atoms with Gasteiger partial charge in [-0.1, -0.05) is 13.8 Å². The Morgan fingerprint density at radius 2 is 2.16 bits per heavy atom. The lowest BCUT2D eigenvalue weighted by molar-refractivity contribution is -0.0295. The molecule has 0 saturated carbocycles. The highest BCUT2D eigenvalue weighted by Gasteiger charge is 2.24. The summed E-state index contributed by atoms with van der Waals surface area (Å²) in [5, 5.41) is 3.05. The number of aromatic nitrogens is 1. The quantitative estimate of drug-likeness (QED) is 0.851. The number of carbonyl (C=O) groups excluding carboxylic acids is 1. The molecule has 0 unspecified atom stereocenters. The zero-order chi connectivity index (χ0) is 17.6. The third-order valence-electron chi connectivity index (χ3n) is 4.77. The SMILES string of the molecule is CC(C)CN1CCO[C@H](CNC(=O)c2cccnc2N2CCCC2)C1. The van der Waals surface area contributed by atoms with Gasteiger partial charge >= 0.3 is 0 Å². The average molecular weight is 346 g/mol. The number of pyridine rings is 1. The monoisotopic (exact) mass is 346 g/mol. The van der Waals surface area contributed by atoms with E-state index in [4.69, 9.17) is 4.74 Å². The molecule has 0 radical (unpaired) electrons. The molecule has 1 aromatic rings. The van der Waals surface area contributed by atoms with E-state index in [0.717, 1.165) is 45.1 Å². The molecule has 0 bridgehead atoms. The van der Waals surface area contributed by atoms with Crippen LogP contribution in [0.3, 0.4) is 0 Å². The maximum absolute atomic E-state index is 12.7. The Morgan fingerprint density at radius 3 is 2.92 bits per heavy atom. The summed E-state index contributed by atoms with van der Waals surface area (Å²) in [6, 6.07) is 3.69. The van der Waals surface area contributed by atoms with E-state index in [1.807, 2.05) is 12.1 Å². The number of amides is 1. The van der Waals surface area contributed by atoms with Crippen LogP contribution in [0.25, 0.3) is 0 Å². The van der Waals surface area contributed by atoms with Crippen LogP contribution < -0.4 is 10.2 Å². The molecule has 3 heterocycles. The van der Waals surface area contributed by atoms with Crippen LogP contribution in [0.4, 0.5) is 5.82 Å². The van der Waals surface area contributed by atoms with E-state index in [2.05, 4.69) is 33.9 Å². The van der Waals surface area contributed by atoms with Crippen molar-refractivity contribution in [1.82, 2.24) is 15.2 Å². The number of nitrogens with zero attached hydrogens (tertiary/aromatic N) is 3. The number of hydrogen-bond donors (Lipinski definition) is 1. The van der Waals surface area contributed by atoms with Gasteiger partial charge in [-0.25, -0.2) is 4.98 Å². The molecule has 1 atom stereocenters. The molecule has 25 heavy (non-hydrogen) atoms. The van der Waals surface area contributed by atoms with Gasteiger partial charge in [0.05, 0.1) is 18.3 Å². The predicted molar refractivity (Wildman–Crippen MR) is 99.0 cm³/mol. The van der Waals surface area contributed by atoms with Gasteiger partial charge in [-0.15, -0.1) is 0 Å². The van der Waals surface area contributed by atoms with Crippen molar-refractivity contribution in [1.29, 1.82) is 0 Å². The normalized spacial score (nSPS) is 21.7. The zero-order valence-corrected chi connectivity index (χ0v) is 15.4. The minimum Gasteiger partial charge on any atom is -0.374 e. The fourth-order valence-corrected chi connectivity index (χ4v) is 3.64. The molecule has 0 aromatic carbocycles. The summed E-state index contributed by atoms with van der Waals surface area (Å²) in [6.45, 7) is 10.6. The van der Waals surface area contributed by atoms with Crippen molar-refractivity contribution < 1.29 is 9.53 Å². The number of morpholine rings is 1. The van der Waals surface area contributed by atoms with Crippen LogP contribution >= 0.6 is 0 Å². The lowest BCUT2D eigenvalue weighted by atomic mass is 10.1. The third-order valence-corrected chi connectivity index (χ3v) is 4.77. The lowest BCUT2D eigenvalue weighted by Crippen LogP contribution is -2.48. The topological polar surface area (TPSA) is 57.7 Å². The molecule has 2 saturated heterocycles. The number of hydrogen-bond acceptors (Lipinski definition) is 5. The van der Waals surface area contributed by atoms with Crippen LogP contribution in [-0.2, 0) is 4.74 Å². The van der Waals surface area contributed by atoms with Crippen molar-refractivity contribution in [3.63, 3.8) is 0 Å². The standard InChI is InChI=1S/C19H30N4O2/c1-15(2)13-22-10-11-25-16(14-22)12-21-19(24)17-6-5-7-20-18(17)23-8-3-4-9-23/h5-7,15-16H,3-4,8-14H2,1-2H3,(H,21,24)/t16-/m1/s1. The molecule has 1 amide bonds. The van der Waals surface area contributed by atoms with Crippen molar-refractivity contribution in [3.05, 3.63) is 23.9 Å². The smallest absolute Gasteiger partial charge is 0.255 e. The van der Waals surface area contributed by atoms with Crippen LogP contribution in [0, 0.1) is 5.92 Å². The molecule has 6 heteroatoms. The van der Waals surface area contributed by atoms with Crippen molar-refractivity contribution in [2.24, 2.45) is 5.92 Å². The molecule has 138 valence electrons. The maximum atomic E-state index is 12.7. The summed E-state index contributed by atoms with van der Waals surface area (Å²) in [5.41, 5.74) is 0.666. The summed E-state index contributed by atoms with van der Waals surface area (Å²) >= 11 is 0. The second-order valence-electron chi connectivity index (χ2n) is 7.42. The van der Waals surface area contributed by atoms with Crippen LogP contribution in [0.1, 0.15) is 37.0 Å². The first-order chi connectivity index (χ1) is 12.1. The van der Waals surface area contributed by atoms with Gasteiger partial charge in [0.1, 0.15) is 5.82 Å². The van der Waals surface area contributed by atoms with Gasteiger partial charge in [-0.05, 0) is 30.9 Å². The lowest BCUT2D eigenvalue weighted by Gasteiger charge is -2.34. The van der Waals surface area contributed by atoms with E-state index < -0.39 is 0 Å². The minimum absolute atomic E-state index is 0.0559. The highest BCUT2D eigenvalue weighted by atomic mass is 16.5. The molecule has 1 aromatic heterocycles. The highest BCUT2D eigenvalue weighted by molar-refractivity contribution is 5.98. The van der Waals surface area contributed by atoms with Gasteiger partial charge in [0, 0.05) is 45.5 Å². The van der Waals surface area contributed by atoms with E-state index in [0.29, 0.717) is 18.0 Å². The molecule has 0 spiro atoms. The van der Waals surface area contributed by atoms with Crippen LogP contribution in [0.15, 0.2) is 18.3 Å². The highest BCUT2D eigenvalue weighted by Crippen LogP contribution is 2.21. The van der Waals surface area contributed by atoms with Gasteiger partial charge in [0.25, 0.3) is 5.91 Å². The summed E-state index contributed by atoms with van der Waals surface area (Å²) in [6.07, 6.45) is 4.15. The Kier molecular flexibility index (Phi) is 6.26. The Balaban J connectivity index is 1.56. The number of ether oxygens (including phenoxy) is 1. The summed E-state index contributed by atoms with van der Waals surface area (Å²) in [4.78, 5) is 21.8. The van der Waals surface area contributed by atoms with Crippen molar-refractivity contribution in [2.45, 2.75) is 32.8 Å². The first kappa shape index (κ1) is 18.1. The van der Waals surface area contributed by atoms with Crippen molar-refractivity contribution in [3.8, 4) is 0 Å². The average Bonchev–Trinajstić information content (AvgIpc) is 3.14. The largest absolute Gasteiger partial charge is 0.374 e. The predicted octanol–water partition coefficient (Wildman–Crippen LogP) is 1.77. The van der Waals surface area contributed by atoms with Gasteiger partial charge in [-0.2, -0.15) is 0 Å². The van der Waals surface area contributed by atoms with E-state index in [9.17, 15) is 4.79 Å². The second-order valence-corrected chi connectivity index (χ2v) is 7.42. The van der Waals surface area contributed by atoms with Gasteiger partial charge in [0.15, 0.2) is 0 Å². The fraction of sp³-hybridized carbons (Fsp3) is 0.684. The minimum atomic E-state index is -0.0559. The molecule has 0 aliphatic carbocycles. The maximum Gasteiger partial charge on any atom is 0.255 e. The van der Waals surface area contributed by atoms with E-state index in [1.54, 1.807) is 6.20 Å². The van der Waals surface area contributed by atoms with Gasteiger partial charge in [0.2, 0.25) is 0 Å². The molecule has 6 nitrogen and oxygen atoms in total. The van der Waals surface area contributed by atoms with E-state index in [1.165, 1.54) is 12.8 Å².